The summed E-state index contributed by atoms with van der Waals surface area (Å²) < 4.78 is 39.9. The standard InChI is InChI=1S/C17H19F3N4O3/c1-24(2,3)8-7-21-10-13-14(25)22-16(27)23(15(13)26)12-6-4-5-11(9-12)17(18,19)20/h4-6,9-10H,7-8H2,1-3H3,(H-,21,22,25,26,27)/p+1. The summed E-state index contributed by atoms with van der Waals surface area (Å²) in [4.78, 5) is 30.0. The number of aromatic nitrogens is 2. The van der Waals surface area contributed by atoms with Gasteiger partial charge in [0.2, 0.25) is 5.88 Å². The summed E-state index contributed by atoms with van der Waals surface area (Å²) in [6.07, 6.45) is -3.51. The minimum atomic E-state index is -4.62. The van der Waals surface area contributed by atoms with E-state index in [1.165, 1.54) is 6.07 Å². The van der Waals surface area contributed by atoms with Crippen LogP contribution in [0.5, 0.6) is 5.88 Å². The van der Waals surface area contributed by atoms with E-state index < -0.39 is 28.9 Å². The number of alkyl halides is 3. The lowest BCUT2D eigenvalue weighted by molar-refractivity contribution is -0.868. The van der Waals surface area contributed by atoms with Crippen LogP contribution in [-0.2, 0) is 6.18 Å². The van der Waals surface area contributed by atoms with E-state index in [-0.39, 0.29) is 11.3 Å². The van der Waals surface area contributed by atoms with Crippen molar-refractivity contribution in [1.82, 2.24) is 9.55 Å². The van der Waals surface area contributed by atoms with Gasteiger partial charge in [-0.2, -0.15) is 13.2 Å². The summed E-state index contributed by atoms with van der Waals surface area (Å²) in [5.41, 5.74) is -3.47. The van der Waals surface area contributed by atoms with E-state index in [4.69, 9.17) is 0 Å². The molecule has 10 heteroatoms. The highest BCUT2D eigenvalue weighted by molar-refractivity contribution is 5.82. The molecule has 2 N–H and O–H groups in total. The van der Waals surface area contributed by atoms with E-state index in [0.29, 0.717) is 28.2 Å². The summed E-state index contributed by atoms with van der Waals surface area (Å²) in [5.74, 6) is -0.780. The van der Waals surface area contributed by atoms with Crippen LogP contribution < -0.4 is 11.2 Å². The third kappa shape index (κ3) is 5.07. The van der Waals surface area contributed by atoms with E-state index >= 15 is 0 Å². The normalized spacial score (nSPS) is 12.7. The fourth-order valence-corrected chi connectivity index (χ4v) is 2.23. The molecule has 1 aromatic heterocycles. The number of aromatic amines is 1. The maximum atomic E-state index is 12.9. The fraction of sp³-hybridized carbons (Fsp3) is 0.353. The molecule has 1 aromatic carbocycles. The molecular formula is C17H20F3N4O3+. The Labute approximate surface area is 152 Å². The molecule has 2 aromatic rings. The SMILES string of the molecule is C[N+](C)(C)CCN=Cc1c(O)n(-c2cccc(C(F)(F)F)c2)c(=O)[nH]c1=O. The first-order valence-electron chi connectivity index (χ1n) is 7.96. The molecule has 1 heterocycles. The molecule has 27 heavy (non-hydrogen) atoms. The number of aliphatic imine (C=N–C) groups is 1. The van der Waals surface area contributed by atoms with Crippen LogP contribution >= 0.6 is 0 Å². The molecule has 0 radical (unpaired) electrons. The molecule has 2 rings (SSSR count). The molecule has 0 aliphatic carbocycles. The van der Waals surface area contributed by atoms with Gasteiger partial charge >= 0.3 is 11.9 Å². The first-order valence-corrected chi connectivity index (χ1v) is 7.96. The Hall–Kier alpha value is -2.88. The number of likely N-dealkylation sites (N-methyl/N-ethyl adjacent to an activating group) is 1. The van der Waals surface area contributed by atoms with Crippen LogP contribution in [0.2, 0.25) is 0 Å². The van der Waals surface area contributed by atoms with E-state index in [1.807, 2.05) is 26.1 Å². The summed E-state index contributed by atoms with van der Waals surface area (Å²) in [6, 6.07) is 3.86. The third-order valence-electron chi connectivity index (χ3n) is 3.67. The lowest BCUT2D eigenvalue weighted by Crippen LogP contribution is -2.36. The molecule has 146 valence electrons. The topological polar surface area (TPSA) is 87.4 Å². The van der Waals surface area contributed by atoms with Gasteiger partial charge in [-0.1, -0.05) is 6.07 Å². The molecule has 7 nitrogen and oxygen atoms in total. The molecular weight excluding hydrogens is 365 g/mol. The summed E-state index contributed by atoms with van der Waals surface area (Å²) in [6.45, 7) is 1.01. The van der Waals surface area contributed by atoms with Gasteiger partial charge in [0.05, 0.1) is 45.5 Å². The zero-order valence-corrected chi connectivity index (χ0v) is 15.0. The Kier molecular flexibility index (Phi) is 5.59. The van der Waals surface area contributed by atoms with Crippen molar-refractivity contribution in [3.05, 3.63) is 56.2 Å². The predicted molar refractivity (Wildman–Crippen MR) is 94.7 cm³/mol. The van der Waals surface area contributed by atoms with Crippen LogP contribution in [0, 0.1) is 0 Å². The van der Waals surface area contributed by atoms with Crippen LogP contribution in [0.25, 0.3) is 5.69 Å². The Morgan fingerprint density at radius 3 is 2.52 bits per heavy atom. The van der Waals surface area contributed by atoms with Gasteiger partial charge in [-0.25, -0.2) is 9.36 Å². The average Bonchev–Trinajstić information content (AvgIpc) is 2.52. The average molecular weight is 385 g/mol. The quantitative estimate of drug-likeness (QED) is 0.602. The zero-order chi connectivity index (χ0) is 20.4. The van der Waals surface area contributed by atoms with Gasteiger partial charge in [-0.3, -0.25) is 14.8 Å². The zero-order valence-electron chi connectivity index (χ0n) is 15.0. The molecule has 0 aliphatic heterocycles. The first kappa shape index (κ1) is 20.4. The van der Waals surface area contributed by atoms with Crippen molar-refractivity contribution in [3.63, 3.8) is 0 Å². The summed E-state index contributed by atoms with van der Waals surface area (Å²) in [5, 5.41) is 10.3. The van der Waals surface area contributed by atoms with Crippen molar-refractivity contribution in [1.29, 1.82) is 0 Å². The van der Waals surface area contributed by atoms with Crippen LogP contribution in [0.15, 0.2) is 38.8 Å². The highest BCUT2D eigenvalue weighted by Gasteiger charge is 2.31. The Morgan fingerprint density at radius 2 is 1.93 bits per heavy atom. The number of H-pyrrole nitrogens is 1. The highest BCUT2D eigenvalue weighted by Crippen LogP contribution is 2.30. The van der Waals surface area contributed by atoms with Gasteiger partial charge in [0.1, 0.15) is 5.56 Å². The number of halogens is 3. The van der Waals surface area contributed by atoms with Crippen molar-refractivity contribution < 1.29 is 22.8 Å². The van der Waals surface area contributed by atoms with Crippen LogP contribution in [0.1, 0.15) is 11.1 Å². The van der Waals surface area contributed by atoms with Gasteiger partial charge in [-0.05, 0) is 18.2 Å². The number of benzene rings is 1. The van der Waals surface area contributed by atoms with Gasteiger partial charge < -0.3 is 9.59 Å². The number of quaternary nitrogens is 1. The fourth-order valence-electron chi connectivity index (χ4n) is 2.23. The third-order valence-corrected chi connectivity index (χ3v) is 3.67. The number of nitrogens with zero attached hydrogens (tertiary/aromatic N) is 3. The van der Waals surface area contributed by atoms with E-state index in [9.17, 15) is 27.9 Å². The van der Waals surface area contributed by atoms with Crippen molar-refractivity contribution in [2.45, 2.75) is 6.18 Å². The minimum absolute atomic E-state index is 0.232. The predicted octanol–water partition coefficient (Wildman–Crippen LogP) is 1.38. The molecule has 0 saturated carbocycles. The van der Waals surface area contributed by atoms with Gasteiger partial charge in [0.15, 0.2) is 0 Å². The molecule has 0 spiro atoms. The summed E-state index contributed by atoms with van der Waals surface area (Å²) >= 11 is 0. The number of aromatic hydroxyl groups is 1. The van der Waals surface area contributed by atoms with Crippen LogP contribution in [-0.4, -0.2) is 59.6 Å². The molecule has 0 unspecified atom stereocenters. The van der Waals surface area contributed by atoms with Crippen molar-refractivity contribution in [3.8, 4) is 11.6 Å². The van der Waals surface area contributed by atoms with E-state index in [2.05, 4.69) is 4.99 Å². The smallest absolute Gasteiger partial charge is 0.416 e. The number of nitrogens with one attached hydrogen (secondary N) is 1. The second-order valence-corrected chi connectivity index (χ2v) is 6.93. The van der Waals surface area contributed by atoms with Gasteiger partial charge in [0.25, 0.3) is 5.56 Å². The van der Waals surface area contributed by atoms with Crippen molar-refractivity contribution in [2.75, 3.05) is 34.2 Å². The lowest BCUT2D eigenvalue weighted by Gasteiger charge is -2.22. The van der Waals surface area contributed by atoms with Crippen LogP contribution in [0.3, 0.4) is 0 Å². The Morgan fingerprint density at radius 1 is 1.26 bits per heavy atom. The minimum Gasteiger partial charge on any atom is -0.493 e. The van der Waals surface area contributed by atoms with Crippen LogP contribution in [0.4, 0.5) is 13.2 Å². The Balaban J connectivity index is 2.49. The maximum absolute atomic E-state index is 12.9. The van der Waals surface area contributed by atoms with Gasteiger partial charge in [0, 0.05) is 6.21 Å². The molecule has 0 amide bonds. The molecule has 0 atom stereocenters. The number of rotatable bonds is 5. The molecule has 0 bridgehead atoms. The second-order valence-electron chi connectivity index (χ2n) is 6.93. The second kappa shape index (κ2) is 7.39. The molecule has 0 fully saturated rings. The van der Waals surface area contributed by atoms with Gasteiger partial charge in [-0.15, -0.1) is 0 Å². The molecule has 0 aliphatic rings. The van der Waals surface area contributed by atoms with E-state index in [1.54, 1.807) is 0 Å². The monoisotopic (exact) mass is 385 g/mol. The van der Waals surface area contributed by atoms with Crippen molar-refractivity contribution in [2.24, 2.45) is 4.99 Å². The Bertz CT molecular complexity index is 969. The van der Waals surface area contributed by atoms with E-state index in [0.717, 1.165) is 18.3 Å². The lowest BCUT2D eigenvalue weighted by atomic mass is 10.2. The maximum Gasteiger partial charge on any atom is 0.416 e. The largest absolute Gasteiger partial charge is 0.493 e. The molecule has 0 saturated heterocycles. The summed E-state index contributed by atoms with van der Waals surface area (Å²) in [7, 11) is 5.86. The number of hydrogen-bond acceptors (Lipinski definition) is 4. The highest BCUT2D eigenvalue weighted by atomic mass is 19.4. The first-order chi connectivity index (χ1) is 12.4. The number of hydrogen-bond donors (Lipinski definition) is 2. The van der Waals surface area contributed by atoms with Crippen molar-refractivity contribution >= 4 is 6.21 Å².